The molecule has 0 aliphatic carbocycles. The molecule has 4 rings (SSSR count). The van der Waals surface area contributed by atoms with E-state index in [4.69, 9.17) is 26.5 Å². The summed E-state index contributed by atoms with van der Waals surface area (Å²) in [6, 6.07) is 3.97. The van der Waals surface area contributed by atoms with Crippen molar-refractivity contribution >= 4 is 21.6 Å². The van der Waals surface area contributed by atoms with Gasteiger partial charge >= 0.3 is 5.76 Å². The number of halogens is 2. The number of hydrogen-bond donors (Lipinski definition) is 3. The topological polar surface area (TPSA) is 140 Å². The van der Waals surface area contributed by atoms with E-state index in [1.54, 1.807) is 19.9 Å². The number of nitrogens with one attached hydrogen (secondary N) is 2. The van der Waals surface area contributed by atoms with E-state index >= 15 is 0 Å². The molecular weight excluding hydrogens is 487 g/mol. The molecule has 0 bridgehead atoms. The molecule has 34 heavy (non-hydrogen) atoms. The Labute approximate surface area is 200 Å². The van der Waals surface area contributed by atoms with Crippen molar-refractivity contribution in [3.8, 4) is 5.75 Å². The number of H-pyrrole nitrogens is 1. The molecule has 12 heteroatoms. The molecule has 0 spiro atoms. The van der Waals surface area contributed by atoms with Crippen LogP contribution in [0.3, 0.4) is 0 Å². The van der Waals surface area contributed by atoms with Crippen molar-refractivity contribution in [2.45, 2.75) is 50.1 Å². The van der Waals surface area contributed by atoms with Crippen molar-refractivity contribution in [2.75, 3.05) is 6.61 Å². The van der Waals surface area contributed by atoms with E-state index in [2.05, 4.69) is 14.9 Å². The normalized spacial score (nSPS) is 17.6. The molecule has 0 saturated carbocycles. The lowest BCUT2D eigenvalue weighted by molar-refractivity contribution is 0.261. The van der Waals surface area contributed by atoms with E-state index in [1.807, 2.05) is 6.92 Å². The Hall–Kier alpha value is -2.73. The van der Waals surface area contributed by atoms with Gasteiger partial charge in [0.2, 0.25) is 15.9 Å². The minimum atomic E-state index is -4.30. The van der Waals surface area contributed by atoms with Crippen molar-refractivity contribution in [3.63, 3.8) is 0 Å². The fourth-order valence-electron chi connectivity index (χ4n) is 4.20. The number of aromatic amines is 1. The van der Waals surface area contributed by atoms with Gasteiger partial charge in [-0.05, 0) is 48.7 Å². The highest BCUT2D eigenvalue weighted by Gasteiger charge is 2.36. The van der Waals surface area contributed by atoms with Gasteiger partial charge in [0.25, 0.3) is 0 Å². The van der Waals surface area contributed by atoms with Crippen molar-refractivity contribution in [1.82, 2.24) is 14.9 Å². The number of rotatable bonds is 6. The van der Waals surface area contributed by atoms with Gasteiger partial charge in [-0.2, -0.15) is 4.72 Å². The molecule has 0 radical (unpaired) electrons. The van der Waals surface area contributed by atoms with Crippen LogP contribution in [0, 0.1) is 19.7 Å². The number of nitrogens with zero attached hydrogens (tertiary/aromatic N) is 1. The summed E-state index contributed by atoms with van der Waals surface area (Å²) in [4.78, 5) is 11.5. The van der Waals surface area contributed by atoms with Gasteiger partial charge < -0.3 is 14.9 Å². The first-order valence-corrected chi connectivity index (χ1v) is 12.4. The largest absolute Gasteiger partial charge is 0.492 e. The Balaban J connectivity index is 1.82. The van der Waals surface area contributed by atoms with Gasteiger partial charge in [-0.1, -0.05) is 24.6 Å². The molecule has 9 nitrogen and oxygen atoms in total. The lowest BCUT2D eigenvalue weighted by atomic mass is 9.88. The first-order valence-electron chi connectivity index (χ1n) is 10.6. The van der Waals surface area contributed by atoms with Crippen LogP contribution in [0.4, 0.5) is 4.39 Å². The maximum absolute atomic E-state index is 14.9. The van der Waals surface area contributed by atoms with Gasteiger partial charge in [0, 0.05) is 29.0 Å². The van der Waals surface area contributed by atoms with Crippen LogP contribution in [0.25, 0.3) is 0 Å². The van der Waals surface area contributed by atoms with Crippen LogP contribution in [0.1, 0.15) is 59.5 Å². The SMILES string of the molecule is Cc1ccc(F)c(C(C)C(NS(=O)(=O)c2ccc(Cl)c3c2OCCC3N)c2n[nH]c(=O)o2)c1C. The van der Waals surface area contributed by atoms with Crippen molar-refractivity contribution in [1.29, 1.82) is 0 Å². The maximum Gasteiger partial charge on any atom is 0.434 e. The average Bonchev–Trinajstić information content (AvgIpc) is 3.21. The summed E-state index contributed by atoms with van der Waals surface area (Å²) in [6.07, 6.45) is 0.480. The summed E-state index contributed by atoms with van der Waals surface area (Å²) < 4.78 is 55.3. The second-order valence-corrected chi connectivity index (χ2v) is 10.4. The molecule has 3 atom stereocenters. The number of aromatic nitrogens is 2. The van der Waals surface area contributed by atoms with E-state index in [0.29, 0.717) is 22.6 Å². The highest BCUT2D eigenvalue weighted by Crippen LogP contribution is 2.42. The zero-order valence-corrected chi connectivity index (χ0v) is 20.3. The van der Waals surface area contributed by atoms with Crippen LogP contribution >= 0.6 is 11.6 Å². The molecule has 0 fully saturated rings. The lowest BCUT2D eigenvalue weighted by Gasteiger charge is -2.28. The summed E-state index contributed by atoms with van der Waals surface area (Å²) >= 11 is 6.26. The summed E-state index contributed by atoms with van der Waals surface area (Å²) in [6.45, 7) is 5.40. The van der Waals surface area contributed by atoms with Crippen LogP contribution in [-0.2, 0) is 10.0 Å². The molecule has 3 aromatic rings. The van der Waals surface area contributed by atoms with E-state index in [0.717, 1.165) is 5.56 Å². The minimum absolute atomic E-state index is 0.0616. The zero-order valence-electron chi connectivity index (χ0n) is 18.7. The first kappa shape index (κ1) is 24.4. The van der Waals surface area contributed by atoms with E-state index < -0.39 is 39.6 Å². The maximum atomic E-state index is 14.9. The summed E-state index contributed by atoms with van der Waals surface area (Å²) in [5, 5.41) is 6.23. The molecule has 2 aromatic carbocycles. The Kier molecular flexibility index (Phi) is 6.56. The fraction of sp³-hybridized carbons (Fsp3) is 0.364. The van der Waals surface area contributed by atoms with Gasteiger partial charge in [0.05, 0.1) is 6.61 Å². The quantitative estimate of drug-likeness (QED) is 0.461. The summed E-state index contributed by atoms with van der Waals surface area (Å²) in [5.41, 5.74) is 8.28. The predicted octanol–water partition coefficient (Wildman–Crippen LogP) is 3.38. The molecule has 1 aliphatic heterocycles. The average molecular weight is 511 g/mol. The summed E-state index contributed by atoms with van der Waals surface area (Å²) in [7, 11) is -4.30. The number of aryl methyl sites for hydroxylation is 1. The van der Waals surface area contributed by atoms with Crippen molar-refractivity contribution < 1.29 is 22.0 Å². The number of nitrogens with two attached hydrogens (primary N) is 1. The van der Waals surface area contributed by atoms with Crippen LogP contribution in [0.15, 0.2) is 38.4 Å². The molecule has 4 N–H and O–H groups in total. The van der Waals surface area contributed by atoms with E-state index in [9.17, 15) is 17.6 Å². The van der Waals surface area contributed by atoms with Gasteiger partial charge in [-0.15, -0.1) is 5.10 Å². The monoisotopic (exact) mass is 510 g/mol. The van der Waals surface area contributed by atoms with Crippen LogP contribution < -0.4 is 20.9 Å². The van der Waals surface area contributed by atoms with Gasteiger partial charge in [0.1, 0.15) is 22.5 Å². The van der Waals surface area contributed by atoms with Crippen molar-refractivity contribution in [2.24, 2.45) is 5.73 Å². The third-order valence-corrected chi connectivity index (χ3v) is 7.93. The molecule has 1 aliphatic rings. The zero-order chi connectivity index (χ0) is 24.8. The number of fused-ring (bicyclic) bond motifs is 1. The van der Waals surface area contributed by atoms with Crippen LogP contribution in [0.5, 0.6) is 5.75 Å². The fourth-order valence-corrected chi connectivity index (χ4v) is 5.91. The molecule has 1 aromatic heterocycles. The van der Waals surface area contributed by atoms with Gasteiger partial charge in [-0.25, -0.2) is 22.7 Å². The molecule has 182 valence electrons. The summed E-state index contributed by atoms with van der Waals surface area (Å²) in [5.74, 6) is -2.36. The number of benzene rings is 2. The smallest absolute Gasteiger partial charge is 0.434 e. The van der Waals surface area contributed by atoms with E-state index in [1.165, 1.54) is 18.2 Å². The highest BCUT2D eigenvalue weighted by molar-refractivity contribution is 7.89. The van der Waals surface area contributed by atoms with Gasteiger partial charge in [-0.3, -0.25) is 0 Å². The minimum Gasteiger partial charge on any atom is -0.492 e. The van der Waals surface area contributed by atoms with Crippen LogP contribution in [-0.4, -0.2) is 25.2 Å². The molecule has 3 unspecified atom stereocenters. The van der Waals surface area contributed by atoms with E-state index in [-0.39, 0.29) is 28.7 Å². The Morgan fingerprint density at radius 3 is 2.71 bits per heavy atom. The van der Waals surface area contributed by atoms with Crippen LogP contribution in [0.2, 0.25) is 5.02 Å². The first-order chi connectivity index (χ1) is 16.0. The molecular formula is C22H24ClFN4O5S. The third-order valence-electron chi connectivity index (χ3n) is 6.13. The Morgan fingerprint density at radius 1 is 1.29 bits per heavy atom. The number of ether oxygens (including phenoxy) is 1. The number of hydrogen-bond acceptors (Lipinski definition) is 7. The molecule has 0 saturated heterocycles. The molecule has 2 heterocycles. The van der Waals surface area contributed by atoms with Gasteiger partial charge in [0.15, 0.2) is 0 Å². The molecule has 0 amide bonds. The Bertz CT molecular complexity index is 1400. The number of sulfonamides is 1. The second-order valence-electron chi connectivity index (χ2n) is 8.27. The highest BCUT2D eigenvalue weighted by atomic mass is 35.5. The Morgan fingerprint density at radius 2 is 2.03 bits per heavy atom. The lowest BCUT2D eigenvalue weighted by Crippen LogP contribution is -2.34. The predicted molar refractivity (Wildman–Crippen MR) is 123 cm³/mol. The second kappa shape index (κ2) is 9.14. The van der Waals surface area contributed by atoms with Crippen molar-refractivity contribution in [3.05, 3.63) is 73.8 Å². The standard InChI is InChI=1S/C22H24ClFN4O5S/c1-10-4-6-14(24)17(11(10)2)12(3)19(21-26-27-22(29)33-21)28-34(30,31)16-7-5-13(23)18-15(25)8-9-32-20(16)18/h4-7,12,15,19,28H,8-9,25H2,1-3H3,(H,27,29). The third kappa shape index (κ3) is 4.36.